The molecule has 1 N–H and O–H groups in total. The summed E-state index contributed by atoms with van der Waals surface area (Å²) in [6.07, 6.45) is 2.80. The van der Waals surface area contributed by atoms with Gasteiger partial charge in [0.2, 0.25) is 0 Å². The quantitative estimate of drug-likeness (QED) is 0.755. The minimum atomic E-state index is -0.798. The largest absolute Gasteiger partial charge is 0.313 e. The summed E-state index contributed by atoms with van der Waals surface area (Å²) < 4.78 is 26.7. The molecule has 0 radical (unpaired) electrons. The molecule has 0 amide bonds. The Bertz CT molecular complexity index is 411. The average molecular weight is 253 g/mol. The molecule has 0 saturated heterocycles. The fourth-order valence-corrected chi connectivity index (χ4v) is 1.66. The average Bonchev–Trinajstić information content (AvgIpc) is 2.33. The van der Waals surface area contributed by atoms with E-state index in [1.54, 1.807) is 12.1 Å². The second kappa shape index (κ2) is 7.27. The molecule has 0 aliphatic rings. The molecule has 0 heterocycles. The number of nitrogens with one attached hydrogen (secondary N) is 1. The molecule has 0 bridgehead atoms. The lowest BCUT2D eigenvalue weighted by Gasteiger charge is -2.13. The van der Waals surface area contributed by atoms with Gasteiger partial charge in [0.25, 0.3) is 0 Å². The molecule has 0 saturated carbocycles. The second-order valence-corrected chi connectivity index (χ2v) is 4.69. The van der Waals surface area contributed by atoms with E-state index in [2.05, 4.69) is 26.1 Å². The molecule has 1 aromatic carbocycles. The maximum absolute atomic E-state index is 13.6. The predicted octanol–water partition coefficient (Wildman–Crippen LogP) is 4.00. The van der Waals surface area contributed by atoms with E-state index in [1.165, 1.54) is 6.07 Å². The van der Waals surface area contributed by atoms with E-state index in [-0.39, 0.29) is 0 Å². The molecule has 0 atom stereocenters. The second-order valence-electron chi connectivity index (χ2n) is 4.69. The van der Waals surface area contributed by atoms with Gasteiger partial charge in [0, 0.05) is 12.1 Å². The summed E-state index contributed by atoms with van der Waals surface area (Å²) in [5, 5.41) is 3.29. The minimum Gasteiger partial charge on any atom is -0.313 e. The van der Waals surface area contributed by atoms with Gasteiger partial charge in [0.1, 0.15) is 0 Å². The molecule has 18 heavy (non-hydrogen) atoms. The van der Waals surface area contributed by atoms with Gasteiger partial charge >= 0.3 is 0 Å². The van der Waals surface area contributed by atoms with Gasteiger partial charge < -0.3 is 5.32 Å². The molecular weight excluding hydrogens is 232 g/mol. The van der Waals surface area contributed by atoms with Crippen molar-refractivity contribution in [2.75, 3.05) is 13.1 Å². The lowest BCUT2D eigenvalue weighted by Crippen LogP contribution is -2.20. The number of halogens is 2. The van der Waals surface area contributed by atoms with Gasteiger partial charge in [0.15, 0.2) is 11.6 Å². The number of hydrogen-bond donors (Lipinski definition) is 1. The molecule has 0 aromatic heterocycles. The van der Waals surface area contributed by atoms with Crippen LogP contribution in [0.4, 0.5) is 8.78 Å². The summed E-state index contributed by atoms with van der Waals surface area (Å²) in [4.78, 5) is 0. The van der Waals surface area contributed by atoms with Crippen molar-refractivity contribution in [2.45, 2.75) is 27.2 Å². The van der Waals surface area contributed by atoms with E-state index in [9.17, 15) is 8.78 Å². The molecule has 0 unspecified atom stereocenters. The van der Waals surface area contributed by atoms with Crippen molar-refractivity contribution in [1.82, 2.24) is 5.32 Å². The molecule has 0 spiro atoms. The number of benzene rings is 1. The summed E-state index contributed by atoms with van der Waals surface area (Å²) in [5.74, 6) is -1.27. The standard InChI is InChI=1S/C15H21F2N/c1-4-8-18-10-13(11(2)3)9-12-6-5-7-14(16)15(12)17/h5-7,9,11,18H,4,8,10H2,1-3H3. The number of rotatable bonds is 6. The zero-order chi connectivity index (χ0) is 13.5. The highest BCUT2D eigenvalue weighted by Gasteiger charge is 2.08. The molecule has 0 aliphatic carbocycles. The van der Waals surface area contributed by atoms with E-state index in [4.69, 9.17) is 0 Å². The van der Waals surface area contributed by atoms with Gasteiger partial charge in [-0.15, -0.1) is 0 Å². The Labute approximate surface area is 108 Å². The first-order chi connectivity index (χ1) is 8.56. The molecular formula is C15H21F2N. The van der Waals surface area contributed by atoms with Crippen molar-refractivity contribution >= 4 is 6.08 Å². The molecule has 1 rings (SSSR count). The smallest absolute Gasteiger partial charge is 0.166 e. The maximum Gasteiger partial charge on any atom is 0.166 e. The third-order valence-electron chi connectivity index (χ3n) is 2.82. The molecule has 100 valence electrons. The Morgan fingerprint density at radius 3 is 2.67 bits per heavy atom. The Hall–Kier alpha value is -1.22. The topological polar surface area (TPSA) is 12.0 Å². The Balaban J connectivity index is 2.90. The fourth-order valence-electron chi connectivity index (χ4n) is 1.66. The van der Waals surface area contributed by atoms with Crippen molar-refractivity contribution in [1.29, 1.82) is 0 Å². The third-order valence-corrected chi connectivity index (χ3v) is 2.82. The zero-order valence-corrected chi connectivity index (χ0v) is 11.3. The van der Waals surface area contributed by atoms with Crippen LogP contribution in [-0.2, 0) is 0 Å². The van der Waals surface area contributed by atoms with Crippen LogP contribution in [0.15, 0.2) is 23.8 Å². The summed E-state index contributed by atoms with van der Waals surface area (Å²) in [5.41, 5.74) is 1.39. The highest BCUT2D eigenvalue weighted by atomic mass is 19.2. The van der Waals surface area contributed by atoms with Crippen LogP contribution in [0.3, 0.4) is 0 Å². The summed E-state index contributed by atoms with van der Waals surface area (Å²) >= 11 is 0. The normalized spacial score (nSPS) is 12.2. The molecule has 3 heteroatoms. The van der Waals surface area contributed by atoms with Crippen molar-refractivity contribution in [3.05, 3.63) is 41.0 Å². The van der Waals surface area contributed by atoms with E-state index in [0.29, 0.717) is 18.0 Å². The van der Waals surface area contributed by atoms with Crippen LogP contribution < -0.4 is 5.32 Å². The van der Waals surface area contributed by atoms with Crippen molar-refractivity contribution in [2.24, 2.45) is 5.92 Å². The van der Waals surface area contributed by atoms with Gasteiger partial charge in [-0.05, 0) is 24.9 Å². The van der Waals surface area contributed by atoms with Crippen molar-refractivity contribution in [3.63, 3.8) is 0 Å². The summed E-state index contributed by atoms with van der Waals surface area (Å²) in [7, 11) is 0. The molecule has 0 fully saturated rings. The third kappa shape index (κ3) is 4.22. The molecule has 1 aromatic rings. The van der Waals surface area contributed by atoms with Crippen LogP contribution in [0.5, 0.6) is 0 Å². The SMILES string of the molecule is CCCNCC(=Cc1cccc(F)c1F)C(C)C. The van der Waals surface area contributed by atoms with Gasteiger partial charge in [0.05, 0.1) is 0 Å². The van der Waals surface area contributed by atoms with Gasteiger partial charge in [-0.2, -0.15) is 0 Å². The zero-order valence-electron chi connectivity index (χ0n) is 11.3. The van der Waals surface area contributed by atoms with Crippen LogP contribution in [-0.4, -0.2) is 13.1 Å². The van der Waals surface area contributed by atoms with Crippen molar-refractivity contribution < 1.29 is 8.78 Å². The highest BCUT2D eigenvalue weighted by molar-refractivity contribution is 5.54. The van der Waals surface area contributed by atoms with E-state index in [0.717, 1.165) is 24.6 Å². The van der Waals surface area contributed by atoms with E-state index >= 15 is 0 Å². The summed E-state index contributed by atoms with van der Waals surface area (Å²) in [6, 6.07) is 4.26. The van der Waals surface area contributed by atoms with E-state index < -0.39 is 11.6 Å². The van der Waals surface area contributed by atoms with Gasteiger partial charge in [-0.3, -0.25) is 0 Å². The van der Waals surface area contributed by atoms with E-state index in [1.807, 2.05) is 0 Å². The lowest BCUT2D eigenvalue weighted by atomic mass is 10.00. The molecule has 1 nitrogen and oxygen atoms in total. The van der Waals surface area contributed by atoms with Crippen LogP contribution >= 0.6 is 0 Å². The molecule has 0 aliphatic heterocycles. The first-order valence-electron chi connectivity index (χ1n) is 6.41. The van der Waals surface area contributed by atoms with Crippen molar-refractivity contribution in [3.8, 4) is 0 Å². The summed E-state index contributed by atoms with van der Waals surface area (Å²) in [6.45, 7) is 7.84. The number of hydrogen-bond acceptors (Lipinski definition) is 1. The van der Waals surface area contributed by atoms with Crippen LogP contribution in [0, 0.1) is 17.6 Å². The first kappa shape index (κ1) is 14.8. The van der Waals surface area contributed by atoms with Crippen LogP contribution in [0.1, 0.15) is 32.8 Å². The maximum atomic E-state index is 13.6. The first-order valence-corrected chi connectivity index (χ1v) is 6.41. The monoisotopic (exact) mass is 253 g/mol. The Kier molecular flexibility index (Phi) is 5.99. The van der Waals surface area contributed by atoms with Crippen LogP contribution in [0.2, 0.25) is 0 Å². The lowest BCUT2D eigenvalue weighted by molar-refractivity contribution is 0.506. The minimum absolute atomic E-state index is 0.303. The van der Waals surface area contributed by atoms with Crippen LogP contribution in [0.25, 0.3) is 6.08 Å². The Morgan fingerprint density at radius 1 is 1.33 bits per heavy atom. The van der Waals surface area contributed by atoms with Gasteiger partial charge in [-0.1, -0.05) is 44.6 Å². The Morgan fingerprint density at radius 2 is 2.06 bits per heavy atom. The predicted molar refractivity (Wildman–Crippen MR) is 72.3 cm³/mol. The fraction of sp³-hybridized carbons (Fsp3) is 0.467. The van der Waals surface area contributed by atoms with Gasteiger partial charge in [-0.25, -0.2) is 8.78 Å². The highest BCUT2D eigenvalue weighted by Crippen LogP contribution is 2.18.